The first kappa shape index (κ1) is 15.7. The molecule has 0 radical (unpaired) electrons. The third kappa shape index (κ3) is 3.99. The molecule has 1 aliphatic rings. The Morgan fingerprint density at radius 3 is 3.00 bits per heavy atom. The lowest BCUT2D eigenvalue weighted by molar-refractivity contribution is -0.116. The molecule has 3 rings (SSSR count). The molecule has 1 aliphatic heterocycles. The van der Waals surface area contributed by atoms with Crippen LogP contribution in [-0.4, -0.2) is 29.1 Å². The van der Waals surface area contributed by atoms with Crippen molar-refractivity contribution >= 4 is 11.7 Å². The van der Waals surface area contributed by atoms with E-state index in [1.165, 1.54) is 17.5 Å². The SMILES string of the molecule is Cc1cccc(C2CCCN2CCC(=O)Nc2cc(C)on2)c1. The molecule has 5 nitrogen and oxygen atoms in total. The average molecular weight is 313 g/mol. The van der Waals surface area contributed by atoms with Crippen molar-refractivity contribution in [1.29, 1.82) is 0 Å². The van der Waals surface area contributed by atoms with E-state index >= 15 is 0 Å². The zero-order chi connectivity index (χ0) is 16.2. The molecule has 0 spiro atoms. The van der Waals surface area contributed by atoms with Crippen LogP contribution in [0.15, 0.2) is 34.9 Å². The summed E-state index contributed by atoms with van der Waals surface area (Å²) in [6, 6.07) is 10.8. The predicted molar refractivity (Wildman–Crippen MR) is 89.2 cm³/mol. The summed E-state index contributed by atoms with van der Waals surface area (Å²) in [7, 11) is 0. The van der Waals surface area contributed by atoms with Crippen molar-refractivity contribution < 1.29 is 9.32 Å². The van der Waals surface area contributed by atoms with Gasteiger partial charge in [0, 0.05) is 25.1 Å². The topological polar surface area (TPSA) is 58.4 Å². The number of rotatable bonds is 5. The summed E-state index contributed by atoms with van der Waals surface area (Å²) in [6.07, 6.45) is 2.81. The van der Waals surface area contributed by atoms with Gasteiger partial charge in [-0.25, -0.2) is 0 Å². The highest BCUT2D eigenvalue weighted by Gasteiger charge is 2.26. The van der Waals surface area contributed by atoms with Crippen LogP contribution < -0.4 is 5.32 Å². The number of nitrogens with one attached hydrogen (secondary N) is 1. The molecule has 1 amide bonds. The number of hydrogen-bond donors (Lipinski definition) is 1. The Hall–Kier alpha value is -2.14. The molecule has 1 aromatic carbocycles. The van der Waals surface area contributed by atoms with Crippen molar-refractivity contribution in [3.05, 3.63) is 47.2 Å². The Labute approximate surface area is 136 Å². The molecule has 122 valence electrons. The summed E-state index contributed by atoms with van der Waals surface area (Å²) in [4.78, 5) is 14.5. The summed E-state index contributed by atoms with van der Waals surface area (Å²) < 4.78 is 4.95. The molecule has 23 heavy (non-hydrogen) atoms. The predicted octanol–water partition coefficient (Wildman–Crippen LogP) is 3.46. The Bertz CT molecular complexity index is 680. The first-order chi connectivity index (χ1) is 11.1. The maximum atomic E-state index is 12.1. The minimum Gasteiger partial charge on any atom is -0.360 e. The first-order valence-corrected chi connectivity index (χ1v) is 8.15. The molecule has 1 atom stereocenters. The lowest BCUT2D eigenvalue weighted by Gasteiger charge is -2.24. The second-order valence-electron chi connectivity index (χ2n) is 6.23. The van der Waals surface area contributed by atoms with Crippen LogP contribution in [0.2, 0.25) is 0 Å². The van der Waals surface area contributed by atoms with Gasteiger partial charge in [-0.15, -0.1) is 0 Å². The maximum Gasteiger partial charge on any atom is 0.226 e. The second-order valence-corrected chi connectivity index (χ2v) is 6.23. The average Bonchev–Trinajstić information content (AvgIpc) is 3.14. The number of anilines is 1. The summed E-state index contributed by atoms with van der Waals surface area (Å²) in [5.41, 5.74) is 2.64. The van der Waals surface area contributed by atoms with Crippen molar-refractivity contribution in [1.82, 2.24) is 10.1 Å². The van der Waals surface area contributed by atoms with Gasteiger partial charge in [-0.3, -0.25) is 9.69 Å². The largest absolute Gasteiger partial charge is 0.360 e. The van der Waals surface area contributed by atoms with Gasteiger partial charge in [0.15, 0.2) is 5.82 Å². The van der Waals surface area contributed by atoms with Gasteiger partial charge in [0.2, 0.25) is 5.91 Å². The number of nitrogens with zero attached hydrogens (tertiary/aromatic N) is 2. The van der Waals surface area contributed by atoms with Gasteiger partial charge in [-0.2, -0.15) is 0 Å². The number of carbonyl (C=O) groups is 1. The number of amides is 1. The summed E-state index contributed by atoms with van der Waals surface area (Å²) in [5.74, 6) is 1.16. The Balaban J connectivity index is 1.55. The molecule has 0 aliphatic carbocycles. The molecular formula is C18H23N3O2. The van der Waals surface area contributed by atoms with Crippen LogP contribution in [0.5, 0.6) is 0 Å². The summed E-state index contributed by atoms with van der Waals surface area (Å²) in [5, 5.41) is 6.57. The third-order valence-corrected chi connectivity index (χ3v) is 4.31. The smallest absolute Gasteiger partial charge is 0.226 e. The Kier molecular flexibility index (Phi) is 4.76. The number of aromatic nitrogens is 1. The van der Waals surface area contributed by atoms with Gasteiger partial charge >= 0.3 is 0 Å². The van der Waals surface area contributed by atoms with Gasteiger partial charge in [0.1, 0.15) is 5.76 Å². The zero-order valence-corrected chi connectivity index (χ0v) is 13.7. The minimum atomic E-state index is -0.0202. The van der Waals surface area contributed by atoms with E-state index in [1.54, 1.807) is 13.0 Å². The van der Waals surface area contributed by atoms with Crippen LogP contribution >= 0.6 is 0 Å². The molecule has 1 unspecified atom stereocenters. The summed E-state index contributed by atoms with van der Waals surface area (Å²) in [6.45, 7) is 5.74. The lowest BCUT2D eigenvalue weighted by Crippen LogP contribution is -2.27. The molecule has 0 bridgehead atoms. The van der Waals surface area contributed by atoms with Crippen LogP contribution in [0.3, 0.4) is 0 Å². The molecule has 2 aromatic rings. The van der Waals surface area contributed by atoms with Gasteiger partial charge in [-0.1, -0.05) is 35.0 Å². The van der Waals surface area contributed by atoms with E-state index in [1.807, 2.05) is 0 Å². The fourth-order valence-electron chi connectivity index (χ4n) is 3.22. The van der Waals surface area contributed by atoms with Crippen LogP contribution in [0.4, 0.5) is 5.82 Å². The number of hydrogen-bond acceptors (Lipinski definition) is 4. The molecule has 1 fully saturated rings. The number of aryl methyl sites for hydroxylation is 2. The zero-order valence-electron chi connectivity index (χ0n) is 13.7. The Morgan fingerprint density at radius 2 is 2.26 bits per heavy atom. The van der Waals surface area contributed by atoms with Crippen molar-refractivity contribution in [3.63, 3.8) is 0 Å². The standard InChI is InChI=1S/C18H23N3O2/c1-13-5-3-6-15(11-13)16-7-4-9-21(16)10-8-18(22)19-17-12-14(2)23-20-17/h3,5-6,11-12,16H,4,7-10H2,1-2H3,(H,19,20,22). The highest BCUT2D eigenvalue weighted by molar-refractivity contribution is 5.89. The fourth-order valence-corrected chi connectivity index (χ4v) is 3.22. The fraction of sp³-hybridized carbons (Fsp3) is 0.444. The van der Waals surface area contributed by atoms with Gasteiger partial charge in [0.05, 0.1) is 0 Å². The highest BCUT2D eigenvalue weighted by atomic mass is 16.5. The first-order valence-electron chi connectivity index (χ1n) is 8.15. The van der Waals surface area contributed by atoms with E-state index in [0.29, 0.717) is 24.0 Å². The minimum absolute atomic E-state index is 0.0202. The molecule has 1 N–H and O–H groups in total. The van der Waals surface area contributed by atoms with Gasteiger partial charge < -0.3 is 9.84 Å². The van der Waals surface area contributed by atoms with Crippen LogP contribution in [0.25, 0.3) is 0 Å². The highest BCUT2D eigenvalue weighted by Crippen LogP contribution is 2.32. The van der Waals surface area contributed by atoms with Gasteiger partial charge in [-0.05, 0) is 38.8 Å². The van der Waals surface area contributed by atoms with E-state index in [4.69, 9.17) is 4.52 Å². The second kappa shape index (κ2) is 6.96. The van der Waals surface area contributed by atoms with Crippen LogP contribution in [-0.2, 0) is 4.79 Å². The van der Waals surface area contributed by atoms with Crippen molar-refractivity contribution in [2.75, 3.05) is 18.4 Å². The lowest BCUT2D eigenvalue weighted by atomic mass is 10.0. The third-order valence-electron chi connectivity index (χ3n) is 4.31. The molecule has 2 heterocycles. The number of likely N-dealkylation sites (tertiary alicyclic amines) is 1. The molecular weight excluding hydrogens is 290 g/mol. The van der Waals surface area contributed by atoms with Gasteiger partial charge in [0.25, 0.3) is 0 Å². The Morgan fingerprint density at radius 1 is 1.39 bits per heavy atom. The quantitative estimate of drug-likeness (QED) is 0.918. The maximum absolute atomic E-state index is 12.1. The molecule has 5 heteroatoms. The molecule has 0 saturated carbocycles. The number of benzene rings is 1. The monoisotopic (exact) mass is 313 g/mol. The van der Waals surface area contributed by atoms with Crippen molar-refractivity contribution in [3.8, 4) is 0 Å². The van der Waals surface area contributed by atoms with Crippen LogP contribution in [0, 0.1) is 13.8 Å². The normalized spacial score (nSPS) is 18.3. The number of carbonyl (C=O) groups excluding carboxylic acids is 1. The van der Waals surface area contributed by atoms with Crippen LogP contribution in [0.1, 0.15) is 42.2 Å². The van der Waals surface area contributed by atoms with E-state index in [2.05, 4.69) is 46.6 Å². The van der Waals surface area contributed by atoms with Crippen molar-refractivity contribution in [2.45, 2.75) is 39.2 Å². The molecule has 1 aromatic heterocycles. The summed E-state index contributed by atoms with van der Waals surface area (Å²) >= 11 is 0. The van der Waals surface area contributed by atoms with Crippen molar-refractivity contribution in [2.24, 2.45) is 0 Å². The van der Waals surface area contributed by atoms with E-state index < -0.39 is 0 Å². The molecule has 1 saturated heterocycles. The van der Waals surface area contributed by atoms with E-state index in [-0.39, 0.29) is 5.91 Å². The van der Waals surface area contributed by atoms with E-state index in [0.717, 1.165) is 19.5 Å². The van der Waals surface area contributed by atoms with E-state index in [9.17, 15) is 4.79 Å².